The van der Waals surface area contributed by atoms with Crippen molar-refractivity contribution in [3.63, 3.8) is 0 Å². The smallest absolute Gasteiger partial charge is 0.104 e. The molecule has 164 valence electrons. The molecule has 0 heterocycles. The van der Waals surface area contributed by atoms with Gasteiger partial charge in [-0.25, -0.2) is 0 Å². The Balaban J connectivity index is 3.46. The Morgan fingerprint density at radius 3 is 1.63 bits per heavy atom. The van der Waals surface area contributed by atoms with Gasteiger partial charge >= 0.3 is 0 Å². The molecule has 0 saturated heterocycles. The zero-order valence-electron chi connectivity index (χ0n) is 18.6. The van der Waals surface area contributed by atoms with Crippen LogP contribution in [0.5, 0.6) is 0 Å². The molecule has 4 heteroatoms. The highest BCUT2D eigenvalue weighted by Gasteiger charge is 2.08. The largest absolute Gasteiger partial charge is 0.382 e. The molecule has 2 N–H and O–H groups in total. The molecule has 0 fully saturated rings. The van der Waals surface area contributed by atoms with Gasteiger partial charge < -0.3 is 14.6 Å². The summed E-state index contributed by atoms with van der Waals surface area (Å²) in [5, 5.41) is 12.3. The number of rotatable bonds is 22. The van der Waals surface area contributed by atoms with Crippen LogP contribution in [0.2, 0.25) is 0 Å². The Bertz CT molecular complexity index is 276. The fourth-order valence-corrected chi connectivity index (χ4v) is 3.54. The minimum Gasteiger partial charge on any atom is -0.382 e. The van der Waals surface area contributed by atoms with Gasteiger partial charge in [0.05, 0.1) is 6.10 Å². The van der Waals surface area contributed by atoms with E-state index in [0.29, 0.717) is 6.10 Å². The third-order valence-electron chi connectivity index (χ3n) is 5.26. The van der Waals surface area contributed by atoms with E-state index in [0.717, 1.165) is 32.7 Å². The number of aliphatic hydroxyl groups is 1. The summed E-state index contributed by atoms with van der Waals surface area (Å²) in [6, 6.07) is 0. The maximum Gasteiger partial charge on any atom is 0.104 e. The Morgan fingerprint density at radius 2 is 1.15 bits per heavy atom. The van der Waals surface area contributed by atoms with E-state index in [1.165, 1.54) is 83.5 Å². The van der Waals surface area contributed by atoms with Gasteiger partial charge in [0.25, 0.3) is 0 Å². The summed E-state index contributed by atoms with van der Waals surface area (Å²) in [6.07, 6.45) is 18.9. The molecule has 0 aliphatic carbocycles. The highest BCUT2D eigenvalue weighted by molar-refractivity contribution is 4.60. The Hall–Kier alpha value is -0.160. The van der Waals surface area contributed by atoms with Gasteiger partial charge in [-0.05, 0) is 53.0 Å². The molecule has 0 aromatic carbocycles. The van der Waals surface area contributed by atoms with E-state index in [-0.39, 0.29) is 6.23 Å². The molecule has 0 spiro atoms. The van der Waals surface area contributed by atoms with Crippen LogP contribution in [-0.4, -0.2) is 44.3 Å². The van der Waals surface area contributed by atoms with Gasteiger partial charge in [-0.2, -0.15) is 0 Å². The molecule has 0 bridgehead atoms. The van der Waals surface area contributed by atoms with E-state index in [1.54, 1.807) is 0 Å². The van der Waals surface area contributed by atoms with Crippen molar-refractivity contribution in [2.24, 2.45) is 0 Å². The van der Waals surface area contributed by atoms with Gasteiger partial charge in [0, 0.05) is 19.8 Å². The van der Waals surface area contributed by atoms with Crippen LogP contribution in [0.25, 0.3) is 0 Å². The predicted octanol–water partition coefficient (Wildman–Crippen LogP) is 5.82. The lowest BCUT2D eigenvalue weighted by Crippen LogP contribution is -2.23. The molecule has 0 aromatic rings. The summed E-state index contributed by atoms with van der Waals surface area (Å²) in [5.74, 6) is 0. The van der Waals surface area contributed by atoms with Crippen LogP contribution in [0.4, 0.5) is 0 Å². The van der Waals surface area contributed by atoms with E-state index in [1.807, 2.05) is 7.05 Å². The fraction of sp³-hybridized carbons (Fsp3) is 1.00. The summed E-state index contributed by atoms with van der Waals surface area (Å²) in [5.41, 5.74) is 0. The molecule has 0 aliphatic rings. The number of aliphatic hydroxyl groups excluding tert-OH is 1. The van der Waals surface area contributed by atoms with Crippen molar-refractivity contribution in [1.29, 1.82) is 0 Å². The van der Waals surface area contributed by atoms with Gasteiger partial charge in [-0.1, -0.05) is 64.2 Å². The van der Waals surface area contributed by atoms with E-state index < -0.39 is 0 Å². The van der Waals surface area contributed by atoms with Crippen LogP contribution in [0.3, 0.4) is 0 Å². The average molecular weight is 388 g/mol. The molecule has 4 nitrogen and oxygen atoms in total. The van der Waals surface area contributed by atoms with Crippen molar-refractivity contribution in [3.8, 4) is 0 Å². The normalized spacial score (nSPS) is 13.8. The maximum absolute atomic E-state index is 9.45. The van der Waals surface area contributed by atoms with E-state index >= 15 is 0 Å². The third kappa shape index (κ3) is 20.4. The molecule has 27 heavy (non-hydrogen) atoms. The highest BCUT2D eigenvalue weighted by atomic mass is 16.5. The van der Waals surface area contributed by atoms with Crippen LogP contribution < -0.4 is 5.32 Å². The minimum atomic E-state index is -0.331. The van der Waals surface area contributed by atoms with Crippen molar-refractivity contribution in [1.82, 2.24) is 5.32 Å². The maximum atomic E-state index is 9.45. The fourth-order valence-electron chi connectivity index (χ4n) is 3.54. The molecule has 2 unspecified atom stereocenters. The summed E-state index contributed by atoms with van der Waals surface area (Å²) in [4.78, 5) is 0. The Morgan fingerprint density at radius 1 is 0.667 bits per heavy atom. The molecule has 0 amide bonds. The number of ether oxygens (including phenoxy) is 2. The molecule has 2 atom stereocenters. The van der Waals surface area contributed by atoms with Crippen molar-refractivity contribution in [2.45, 2.75) is 122 Å². The van der Waals surface area contributed by atoms with Gasteiger partial charge in [0.2, 0.25) is 0 Å². The molecule has 0 aliphatic heterocycles. The molecule has 0 saturated carbocycles. The van der Waals surface area contributed by atoms with E-state index in [2.05, 4.69) is 19.2 Å². The molecule has 0 rings (SSSR count). The molecular weight excluding hydrogens is 338 g/mol. The predicted molar refractivity (Wildman–Crippen MR) is 116 cm³/mol. The standard InChI is InChI=1S/C23H49NO3/c1-4-26-21-17-13-8-6-7-10-14-18-22(27-5-2)19-15-11-9-12-16-20-23(25)24-3/h22-25H,4-21H2,1-3H3. The Kier molecular flexibility index (Phi) is 22.0. The SMILES string of the molecule is CCOCCCCCCCCCC(CCCCCCCC(O)NC)OCC. The van der Waals surface area contributed by atoms with Gasteiger partial charge in [0.1, 0.15) is 6.23 Å². The molecular formula is C23H49NO3. The number of hydrogen-bond donors (Lipinski definition) is 2. The van der Waals surface area contributed by atoms with Gasteiger partial charge in [0.15, 0.2) is 0 Å². The topological polar surface area (TPSA) is 50.7 Å². The summed E-state index contributed by atoms with van der Waals surface area (Å²) in [6.45, 7) is 6.80. The lowest BCUT2D eigenvalue weighted by molar-refractivity contribution is 0.0469. The van der Waals surface area contributed by atoms with Crippen LogP contribution in [0, 0.1) is 0 Å². The van der Waals surface area contributed by atoms with E-state index in [9.17, 15) is 5.11 Å². The second-order valence-corrected chi connectivity index (χ2v) is 7.69. The first-order valence-electron chi connectivity index (χ1n) is 11.8. The minimum absolute atomic E-state index is 0.331. The number of hydrogen-bond acceptors (Lipinski definition) is 4. The first kappa shape index (κ1) is 26.8. The van der Waals surface area contributed by atoms with Crippen LogP contribution >= 0.6 is 0 Å². The van der Waals surface area contributed by atoms with Crippen LogP contribution in [0.15, 0.2) is 0 Å². The van der Waals surface area contributed by atoms with E-state index in [4.69, 9.17) is 9.47 Å². The second-order valence-electron chi connectivity index (χ2n) is 7.69. The zero-order valence-corrected chi connectivity index (χ0v) is 18.6. The van der Waals surface area contributed by atoms with Gasteiger partial charge in [-0.3, -0.25) is 5.32 Å². The monoisotopic (exact) mass is 387 g/mol. The lowest BCUT2D eigenvalue weighted by Gasteiger charge is -2.17. The number of nitrogens with one attached hydrogen (secondary N) is 1. The van der Waals surface area contributed by atoms with Crippen molar-refractivity contribution in [2.75, 3.05) is 26.9 Å². The van der Waals surface area contributed by atoms with Crippen molar-refractivity contribution < 1.29 is 14.6 Å². The highest BCUT2D eigenvalue weighted by Crippen LogP contribution is 2.17. The summed E-state index contributed by atoms with van der Waals surface area (Å²) in [7, 11) is 1.81. The average Bonchev–Trinajstić information content (AvgIpc) is 2.68. The lowest BCUT2D eigenvalue weighted by atomic mass is 10.0. The van der Waals surface area contributed by atoms with Crippen LogP contribution in [-0.2, 0) is 9.47 Å². The van der Waals surface area contributed by atoms with Crippen molar-refractivity contribution in [3.05, 3.63) is 0 Å². The zero-order chi connectivity index (χ0) is 20.0. The first-order valence-corrected chi connectivity index (χ1v) is 11.8. The molecule has 0 aromatic heterocycles. The second kappa shape index (κ2) is 22.1. The molecule has 0 radical (unpaired) electrons. The van der Waals surface area contributed by atoms with Gasteiger partial charge in [-0.15, -0.1) is 0 Å². The third-order valence-corrected chi connectivity index (χ3v) is 5.26. The first-order chi connectivity index (χ1) is 13.2. The number of unbranched alkanes of at least 4 members (excludes halogenated alkanes) is 10. The quantitative estimate of drug-likeness (QED) is 0.182. The Labute approximate surface area is 169 Å². The summed E-state index contributed by atoms with van der Waals surface area (Å²) < 4.78 is 11.3. The summed E-state index contributed by atoms with van der Waals surface area (Å²) >= 11 is 0. The van der Waals surface area contributed by atoms with Crippen LogP contribution in [0.1, 0.15) is 110 Å². The van der Waals surface area contributed by atoms with Crippen molar-refractivity contribution >= 4 is 0 Å².